The number of amides is 1. The van der Waals surface area contributed by atoms with Crippen molar-refractivity contribution < 1.29 is 9.32 Å². The Labute approximate surface area is 140 Å². The zero-order valence-electron chi connectivity index (χ0n) is 14.2. The van der Waals surface area contributed by atoms with Crippen molar-refractivity contribution in [2.75, 3.05) is 0 Å². The van der Waals surface area contributed by atoms with Crippen molar-refractivity contribution in [3.8, 4) is 11.3 Å². The largest absolute Gasteiger partial charge is 0.355 e. The second kappa shape index (κ2) is 6.31. The van der Waals surface area contributed by atoms with Gasteiger partial charge < -0.3 is 9.84 Å². The van der Waals surface area contributed by atoms with E-state index in [4.69, 9.17) is 4.52 Å². The van der Waals surface area contributed by atoms with E-state index in [1.54, 1.807) is 16.9 Å². The van der Waals surface area contributed by atoms with Gasteiger partial charge in [0.25, 0.3) is 5.91 Å². The number of nitrogens with one attached hydrogen (secondary N) is 1. The van der Waals surface area contributed by atoms with Crippen molar-refractivity contribution >= 4 is 5.91 Å². The summed E-state index contributed by atoms with van der Waals surface area (Å²) in [4.78, 5) is 12.4. The van der Waals surface area contributed by atoms with Gasteiger partial charge in [-0.25, -0.2) is 0 Å². The van der Waals surface area contributed by atoms with E-state index < -0.39 is 0 Å². The number of hydrogen-bond acceptors (Lipinski definition) is 4. The van der Waals surface area contributed by atoms with Crippen molar-refractivity contribution in [1.82, 2.24) is 20.3 Å². The Kier molecular flexibility index (Phi) is 4.20. The lowest BCUT2D eigenvalue weighted by Crippen LogP contribution is -2.27. The van der Waals surface area contributed by atoms with Crippen LogP contribution in [-0.4, -0.2) is 20.8 Å². The van der Waals surface area contributed by atoms with Crippen LogP contribution in [0.25, 0.3) is 11.3 Å². The van der Waals surface area contributed by atoms with Crippen LogP contribution in [0.5, 0.6) is 0 Å². The molecule has 0 spiro atoms. The molecule has 3 rings (SSSR count). The molecule has 0 saturated heterocycles. The molecule has 0 aliphatic rings. The third-order valence-corrected chi connectivity index (χ3v) is 4.17. The molecule has 2 aromatic heterocycles. The second-order valence-electron chi connectivity index (χ2n) is 5.95. The predicted octanol–water partition coefficient (Wildman–Crippen LogP) is 3.18. The Hall–Kier alpha value is -2.89. The van der Waals surface area contributed by atoms with E-state index in [0.717, 1.165) is 22.4 Å². The zero-order chi connectivity index (χ0) is 17.3. The molecule has 0 fully saturated rings. The molecule has 24 heavy (non-hydrogen) atoms. The second-order valence-corrected chi connectivity index (χ2v) is 5.95. The number of aromatic nitrogens is 3. The molecule has 0 aliphatic carbocycles. The van der Waals surface area contributed by atoms with Crippen LogP contribution in [0.15, 0.2) is 41.1 Å². The number of rotatable bonds is 4. The van der Waals surface area contributed by atoms with Crippen molar-refractivity contribution in [3.05, 3.63) is 59.0 Å². The molecule has 6 nitrogen and oxygen atoms in total. The summed E-state index contributed by atoms with van der Waals surface area (Å²) in [7, 11) is 1.87. The summed E-state index contributed by atoms with van der Waals surface area (Å²) in [6.45, 7) is 5.91. The van der Waals surface area contributed by atoms with Crippen molar-refractivity contribution in [3.63, 3.8) is 0 Å². The standard InChI is InChI=1S/C18H20N4O2/c1-11-5-7-14(8-6-11)17-9-16(21-24-17)18(23)20-12(2)15-10-19-22(4)13(15)3/h5-10,12H,1-4H3,(H,20,23). The van der Waals surface area contributed by atoms with Gasteiger partial charge >= 0.3 is 0 Å². The van der Waals surface area contributed by atoms with Crippen LogP contribution < -0.4 is 5.32 Å². The number of carbonyl (C=O) groups is 1. The average molecular weight is 324 g/mol. The minimum absolute atomic E-state index is 0.161. The Bertz CT molecular complexity index is 862. The molecule has 1 atom stereocenters. The molecule has 0 aliphatic heterocycles. The van der Waals surface area contributed by atoms with Gasteiger partial charge in [-0.15, -0.1) is 0 Å². The maximum absolute atomic E-state index is 12.4. The topological polar surface area (TPSA) is 73.0 Å². The summed E-state index contributed by atoms with van der Waals surface area (Å²) >= 11 is 0. The van der Waals surface area contributed by atoms with Gasteiger partial charge in [0.15, 0.2) is 11.5 Å². The molecule has 0 saturated carbocycles. The SMILES string of the molecule is Cc1ccc(-c2cc(C(=O)NC(C)c3cnn(C)c3C)no2)cc1. The fourth-order valence-electron chi connectivity index (χ4n) is 2.53. The number of hydrogen-bond donors (Lipinski definition) is 1. The fourth-order valence-corrected chi connectivity index (χ4v) is 2.53. The Morgan fingerprint density at radius 1 is 1.25 bits per heavy atom. The highest BCUT2D eigenvalue weighted by Crippen LogP contribution is 2.21. The van der Waals surface area contributed by atoms with E-state index in [-0.39, 0.29) is 17.6 Å². The maximum atomic E-state index is 12.4. The maximum Gasteiger partial charge on any atom is 0.273 e. The highest BCUT2D eigenvalue weighted by molar-refractivity contribution is 5.93. The van der Waals surface area contributed by atoms with Crippen LogP contribution >= 0.6 is 0 Å². The molecular formula is C18H20N4O2. The first kappa shape index (κ1) is 16.0. The summed E-state index contributed by atoms with van der Waals surface area (Å²) in [6, 6.07) is 9.36. The molecule has 0 radical (unpaired) electrons. The summed E-state index contributed by atoms with van der Waals surface area (Å²) in [6.07, 6.45) is 1.76. The Balaban J connectivity index is 1.74. The molecule has 1 N–H and O–H groups in total. The lowest BCUT2D eigenvalue weighted by molar-refractivity contribution is 0.0930. The smallest absolute Gasteiger partial charge is 0.273 e. The highest BCUT2D eigenvalue weighted by atomic mass is 16.5. The number of nitrogens with zero attached hydrogens (tertiary/aromatic N) is 3. The minimum Gasteiger partial charge on any atom is -0.355 e. The van der Waals surface area contributed by atoms with Crippen LogP contribution in [0.2, 0.25) is 0 Å². The van der Waals surface area contributed by atoms with E-state index in [1.165, 1.54) is 0 Å². The normalized spacial score (nSPS) is 12.2. The van der Waals surface area contributed by atoms with Gasteiger partial charge in [-0.2, -0.15) is 5.10 Å². The van der Waals surface area contributed by atoms with Crippen LogP contribution in [0, 0.1) is 13.8 Å². The van der Waals surface area contributed by atoms with Gasteiger partial charge in [0.05, 0.1) is 12.2 Å². The molecule has 2 heterocycles. The summed E-state index contributed by atoms with van der Waals surface area (Å²) in [5.74, 6) is 0.304. The summed E-state index contributed by atoms with van der Waals surface area (Å²) in [5.41, 5.74) is 4.32. The van der Waals surface area contributed by atoms with Gasteiger partial charge in [-0.1, -0.05) is 35.0 Å². The van der Waals surface area contributed by atoms with Gasteiger partial charge in [0.1, 0.15) is 0 Å². The zero-order valence-corrected chi connectivity index (χ0v) is 14.2. The molecule has 1 amide bonds. The van der Waals surface area contributed by atoms with E-state index in [9.17, 15) is 4.79 Å². The van der Waals surface area contributed by atoms with Crippen molar-refractivity contribution in [2.24, 2.45) is 7.05 Å². The Morgan fingerprint density at radius 3 is 2.58 bits per heavy atom. The third-order valence-electron chi connectivity index (χ3n) is 4.17. The van der Waals surface area contributed by atoms with Crippen LogP contribution in [0.4, 0.5) is 0 Å². The van der Waals surface area contributed by atoms with Crippen molar-refractivity contribution in [1.29, 1.82) is 0 Å². The first-order valence-electron chi connectivity index (χ1n) is 7.79. The average Bonchev–Trinajstić information content (AvgIpc) is 3.16. The molecule has 6 heteroatoms. The first-order valence-corrected chi connectivity index (χ1v) is 7.79. The molecule has 3 aromatic rings. The predicted molar refractivity (Wildman–Crippen MR) is 90.5 cm³/mol. The highest BCUT2D eigenvalue weighted by Gasteiger charge is 2.18. The van der Waals surface area contributed by atoms with E-state index in [2.05, 4.69) is 15.6 Å². The molecular weight excluding hydrogens is 304 g/mol. The fraction of sp³-hybridized carbons (Fsp3) is 0.278. The van der Waals surface area contributed by atoms with Gasteiger partial charge in [-0.05, 0) is 20.8 Å². The lowest BCUT2D eigenvalue weighted by atomic mass is 10.1. The van der Waals surface area contributed by atoms with E-state index >= 15 is 0 Å². The lowest BCUT2D eigenvalue weighted by Gasteiger charge is -2.12. The molecule has 0 bridgehead atoms. The molecule has 1 aromatic carbocycles. The summed E-state index contributed by atoms with van der Waals surface area (Å²) in [5, 5.41) is 11.0. The van der Waals surface area contributed by atoms with E-state index in [1.807, 2.05) is 52.1 Å². The summed E-state index contributed by atoms with van der Waals surface area (Å²) < 4.78 is 7.08. The molecule has 124 valence electrons. The van der Waals surface area contributed by atoms with Crippen LogP contribution in [0.3, 0.4) is 0 Å². The number of carbonyl (C=O) groups excluding carboxylic acids is 1. The number of benzene rings is 1. The van der Waals surface area contributed by atoms with Crippen molar-refractivity contribution in [2.45, 2.75) is 26.8 Å². The minimum atomic E-state index is -0.270. The Morgan fingerprint density at radius 2 is 1.96 bits per heavy atom. The number of aryl methyl sites for hydroxylation is 2. The van der Waals surface area contributed by atoms with Gasteiger partial charge in [-0.3, -0.25) is 9.48 Å². The monoisotopic (exact) mass is 324 g/mol. The van der Waals surface area contributed by atoms with Gasteiger partial charge in [0, 0.05) is 29.9 Å². The van der Waals surface area contributed by atoms with Crippen LogP contribution in [0.1, 0.15) is 40.3 Å². The van der Waals surface area contributed by atoms with Gasteiger partial charge in [0.2, 0.25) is 0 Å². The quantitative estimate of drug-likeness (QED) is 0.800. The third kappa shape index (κ3) is 3.08. The molecule has 1 unspecified atom stereocenters. The van der Waals surface area contributed by atoms with E-state index in [0.29, 0.717) is 5.76 Å². The first-order chi connectivity index (χ1) is 11.5. The van der Waals surface area contributed by atoms with Crippen LogP contribution in [-0.2, 0) is 7.05 Å².